The first-order valence-electron chi connectivity index (χ1n) is 10.6. The highest BCUT2D eigenvalue weighted by Crippen LogP contribution is 2.29. The van der Waals surface area contributed by atoms with Gasteiger partial charge in [-0.3, -0.25) is 30.2 Å². The Morgan fingerprint density at radius 3 is 2.44 bits per heavy atom. The molecule has 0 unspecified atom stereocenters. The number of carbonyl (C=O) groups excluding carboxylic acids is 3. The number of furan rings is 1. The Bertz CT molecular complexity index is 1300. The van der Waals surface area contributed by atoms with Gasteiger partial charge >= 0.3 is 5.91 Å². The molecule has 3 aromatic rings. The van der Waals surface area contributed by atoms with Gasteiger partial charge in [-0.1, -0.05) is 17.7 Å². The Kier molecular flexibility index (Phi) is 6.87. The van der Waals surface area contributed by atoms with Crippen LogP contribution in [0.3, 0.4) is 0 Å². The van der Waals surface area contributed by atoms with E-state index in [2.05, 4.69) is 42.3 Å². The number of benzene rings is 1. The Morgan fingerprint density at radius 1 is 0.971 bits per heavy atom. The molecule has 2 heterocycles. The highest BCUT2D eigenvalue weighted by atomic mass is 79.9. The zero-order valence-corrected chi connectivity index (χ0v) is 20.2. The maximum Gasteiger partial charge on any atom is 0.305 e. The van der Waals surface area contributed by atoms with Crippen molar-refractivity contribution in [2.45, 2.75) is 33.1 Å². The lowest BCUT2D eigenvalue weighted by atomic mass is 9.93. The van der Waals surface area contributed by atoms with Crippen LogP contribution in [0.1, 0.15) is 66.6 Å². The van der Waals surface area contributed by atoms with Crippen LogP contribution >= 0.6 is 15.9 Å². The molecule has 0 spiro atoms. The molecule has 0 bridgehead atoms. The zero-order chi connectivity index (χ0) is 24.2. The summed E-state index contributed by atoms with van der Waals surface area (Å²) in [7, 11) is 0. The van der Waals surface area contributed by atoms with Crippen molar-refractivity contribution < 1.29 is 18.8 Å². The minimum absolute atomic E-state index is 0.0892. The van der Waals surface area contributed by atoms with Gasteiger partial charge in [0, 0.05) is 40.0 Å². The number of hydrogen-bond acceptors (Lipinski definition) is 6. The van der Waals surface area contributed by atoms with Crippen LogP contribution in [0.15, 0.2) is 56.7 Å². The average Bonchev–Trinajstić information content (AvgIpc) is 3.18. The van der Waals surface area contributed by atoms with E-state index in [9.17, 15) is 14.4 Å². The van der Waals surface area contributed by atoms with E-state index in [4.69, 9.17) is 4.42 Å². The largest absolute Gasteiger partial charge is 0.455 e. The van der Waals surface area contributed by atoms with Gasteiger partial charge in [0.05, 0.1) is 11.3 Å². The van der Waals surface area contributed by atoms with Gasteiger partial charge in [-0.25, -0.2) is 5.43 Å². The van der Waals surface area contributed by atoms with Crippen molar-refractivity contribution in [2.24, 2.45) is 5.10 Å². The van der Waals surface area contributed by atoms with Crippen LogP contribution in [0, 0.1) is 13.8 Å². The monoisotopic (exact) mass is 523 g/mol. The molecule has 0 fully saturated rings. The van der Waals surface area contributed by atoms with E-state index in [-0.39, 0.29) is 5.76 Å². The van der Waals surface area contributed by atoms with Crippen LogP contribution in [0.4, 0.5) is 0 Å². The lowest BCUT2D eigenvalue weighted by Crippen LogP contribution is -2.41. The smallest absolute Gasteiger partial charge is 0.305 e. The third-order valence-electron chi connectivity index (χ3n) is 5.39. The number of hydrazone groups is 1. The lowest BCUT2D eigenvalue weighted by Gasteiger charge is -2.13. The fourth-order valence-corrected chi connectivity index (χ4v) is 4.03. The summed E-state index contributed by atoms with van der Waals surface area (Å²) in [5.74, 6) is -0.696. The van der Waals surface area contributed by atoms with E-state index in [1.54, 1.807) is 31.3 Å². The Morgan fingerprint density at radius 2 is 1.71 bits per heavy atom. The van der Waals surface area contributed by atoms with Crippen molar-refractivity contribution in [1.29, 1.82) is 0 Å². The van der Waals surface area contributed by atoms with Crippen LogP contribution < -0.4 is 16.3 Å². The van der Waals surface area contributed by atoms with Crippen LogP contribution in [-0.2, 0) is 6.42 Å². The van der Waals surface area contributed by atoms with Crippen LogP contribution in [0.2, 0.25) is 0 Å². The van der Waals surface area contributed by atoms with Crippen molar-refractivity contribution in [3.63, 3.8) is 0 Å². The molecule has 4 rings (SSSR count). The minimum atomic E-state index is -0.573. The molecule has 1 aliphatic rings. The standard InChI is InChI=1S/C24H22BrN5O4/c1-13-6-8-15(9-7-13)22(31)29-30-24(33)21-14(2)20-18(4-3-5-19(20)34-21)27-28-23(32)16-10-17(25)12-26-11-16/h6-12H,3-5H2,1-2H3,(H,28,32)(H,29,31)(H,30,33)/b27-18+. The van der Waals surface area contributed by atoms with Crippen LogP contribution in [0.25, 0.3) is 0 Å². The Labute approximate surface area is 204 Å². The number of aryl methyl sites for hydroxylation is 2. The maximum absolute atomic E-state index is 12.7. The van der Waals surface area contributed by atoms with Crippen molar-refractivity contribution in [1.82, 2.24) is 21.3 Å². The fourth-order valence-electron chi connectivity index (χ4n) is 3.66. The van der Waals surface area contributed by atoms with Crippen molar-refractivity contribution >= 4 is 39.4 Å². The number of nitrogens with one attached hydrogen (secondary N) is 3. The predicted molar refractivity (Wildman–Crippen MR) is 128 cm³/mol. The fraction of sp³-hybridized carbons (Fsp3) is 0.208. The lowest BCUT2D eigenvalue weighted by molar-refractivity contribution is 0.0829. The van der Waals surface area contributed by atoms with Crippen LogP contribution in [-0.4, -0.2) is 28.4 Å². The summed E-state index contributed by atoms with van der Waals surface area (Å²) >= 11 is 3.29. The molecule has 34 heavy (non-hydrogen) atoms. The quantitative estimate of drug-likeness (QED) is 0.450. The highest BCUT2D eigenvalue weighted by molar-refractivity contribution is 9.10. The molecule has 10 heteroatoms. The Balaban J connectivity index is 1.48. The van der Waals surface area contributed by atoms with Gasteiger partial charge in [0.1, 0.15) is 5.76 Å². The van der Waals surface area contributed by atoms with Crippen molar-refractivity contribution in [2.75, 3.05) is 0 Å². The SMILES string of the molecule is Cc1ccc(C(=O)NNC(=O)c2oc3c(c2C)/C(=N/NC(=O)c2cncc(Br)c2)CCC3)cc1. The molecule has 0 saturated heterocycles. The number of hydrogen-bond donors (Lipinski definition) is 3. The number of aromatic nitrogens is 1. The molecule has 1 aromatic carbocycles. The zero-order valence-electron chi connectivity index (χ0n) is 18.6. The van der Waals surface area contributed by atoms with Gasteiger partial charge in [0.15, 0.2) is 5.76 Å². The summed E-state index contributed by atoms with van der Waals surface area (Å²) in [6.45, 7) is 3.67. The normalized spacial score (nSPS) is 13.8. The number of nitrogens with zero attached hydrogens (tertiary/aromatic N) is 2. The van der Waals surface area contributed by atoms with Gasteiger partial charge in [0.25, 0.3) is 11.8 Å². The van der Waals surface area contributed by atoms with E-state index in [0.717, 1.165) is 12.0 Å². The molecule has 3 N–H and O–H groups in total. The summed E-state index contributed by atoms with van der Waals surface area (Å²) in [4.78, 5) is 41.4. The number of pyridine rings is 1. The first kappa shape index (κ1) is 23.4. The van der Waals surface area contributed by atoms with Crippen molar-refractivity contribution in [3.05, 3.63) is 86.5 Å². The van der Waals surface area contributed by atoms with Crippen molar-refractivity contribution in [3.8, 4) is 0 Å². The van der Waals surface area contributed by atoms with E-state index >= 15 is 0 Å². The summed E-state index contributed by atoms with van der Waals surface area (Å²) in [6.07, 6.45) is 5.05. The molecule has 0 saturated carbocycles. The topological polar surface area (TPSA) is 126 Å². The van der Waals surface area contributed by atoms with Gasteiger partial charge < -0.3 is 4.42 Å². The second kappa shape index (κ2) is 10.0. The summed E-state index contributed by atoms with van der Waals surface area (Å²) in [6, 6.07) is 8.62. The second-order valence-corrected chi connectivity index (χ2v) is 8.79. The Hall–Kier alpha value is -3.79. The van der Waals surface area contributed by atoms with E-state index in [1.165, 1.54) is 6.20 Å². The summed E-state index contributed by atoms with van der Waals surface area (Å²) < 4.78 is 6.50. The number of carbonyl (C=O) groups is 3. The van der Waals surface area contributed by atoms with Gasteiger partial charge in [0.2, 0.25) is 0 Å². The third kappa shape index (κ3) is 5.07. The number of amides is 3. The number of hydrazine groups is 1. The predicted octanol–water partition coefficient (Wildman–Crippen LogP) is 3.60. The first-order valence-corrected chi connectivity index (χ1v) is 11.4. The van der Waals surface area contributed by atoms with E-state index in [1.807, 2.05) is 19.1 Å². The van der Waals surface area contributed by atoms with E-state index < -0.39 is 17.7 Å². The summed E-state index contributed by atoms with van der Waals surface area (Å²) in [5, 5.41) is 4.30. The second-order valence-electron chi connectivity index (χ2n) is 7.87. The third-order valence-corrected chi connectivity index (χ3v) is 5.83. The van der Waals surface area contributed by atoms with Crippen LogP contribution in [0.5, 0.6) is 0 Å². The first-order chi connectivity index (χ1) is 16.3. The number of rotatable bonds is 4. The number of fused-ring (bicyclic) bond motifs is 1. The molecule has 0 atom stereocenters. The summed E-state index contributed by atoms with van der Waals surface area (Å²) in [5.41, 5.74) is 11.1. The molecule has 9 nitrogen and oxygen atoms in total. The van der Waals surface area contributed by atoms with E-state index in [0.29, 0.717) is 51.0 Å². The highest BCUT2D eigenvalue weighted by Gasteiger charge is 2.28. The van der Waals surface area contributed by atoms with Gasteiger partial charge in [-0.05, 0) is 60.8 Å². The maximum atomic E-state index is 12.7. The average molecular weight is 524 g/mol. The molecule has 2 aromatic heterocycles. The molecule has 174 valence electrons. The minimum Gasteiger partial charge on any atom is -0.455 e. The molecule has 0 radical (unpaired) electrons. The van der Waals surface area contributed by atoms with Gasteiger partial charge in [-0.15, -0.1) is 0 Å². The molecular formula is C24H22BrN5O4. The molecule has 1 aliphatic carbocycles. The molecular weight excluding hydrogens is 502 g/mol. The number of halogens is 1. The molecule has 3 amide bonds. The molecule has 0 aliphatic heterocycles. The van der Waals surface area contributed by atoms with Gasteiger partial charge in [-0.2, -0.15) is 5.10 Å².